The van der Waals surface area contributed by atoms with Gasteiger partial charge in [0, 0.05) is 23.1 Å². The highest BCUT2D eigenvalue weighted by Gasteiger charge is 2.15. The lowest BCUT2D eigenvalue weighted by atomic mass is 10.1. The quantitative estimate of drug-likeness (QED) is 0.354. The number of nitrogens with zero attached hydrogens (tertiary/aromatic N) is 2. The molecule has 8 heteroatoms. The summed E-state index contributed by atoms with van der Waals surface area (Å²) in [5.41, 5.74) is 2.67. The summed E-state index contributed by atoms with van der Waals surface area (Å²) in [6.45, 7) is 1.11. The van der Waals surface area contributed by atoms with Crippen LogP contribution in [0.4, 0.5) is 10.1 Å². The van der Waals surface area contributed by atoms with E-state index in [0.29, 0.717) is 25.1 Å². The molecule has 0 fully saturated rings. The summed E-state index contributed by atoms with van der Waals surface area (Å²) in [5.74, 6) is -1.36. The molecule has 0 saturated heterocycles. The topological polar surface area (TPSA) is 76.0 Å². The van der Waals surface area contributed by atoms with Gasteiger partial charge in [-0.1, -0.05) is 34.1 Å². The van der Waals surface area contributed by atoms with Crippen LogP contribution in [0.1, 0.15) is 27.1 Å². The van der Waals surface area contributed by atoms with E-state index in [1.807, 2.05) is 28.8 Å². The van der Waals surface area contributed by atoms with E-state index in [1.54, 1.807) is 30.6 Å². The van der Waals surface area contributed by atoms with Crippen molar-refractivity contribution in [1.29, 1.82) is 0 Å². The van der Waals surface area contributed by atoms with E-state index in [9.17, 15) is 14.0 Å². The van der Waals surface area contributed by atoms with Gasteiger partial charge in [0.15, 0.2) is 0 Å². The van der Waals surface area contributed by atoms with Gasteiger partial charge in [0.05, 0.1) is 28.6 Å². The van der Waals surface area contributed by atoms with Crippen LogP contribution >= 0.6 is 15.9 Å². The molecule has 0 unspecified atom stereocenters. The first kappa shape index (κ1) is 21.7. The van der Waals surface area contributed by atoms with Crippen molar-refractivity contribution in [1.82, 2.24) is 14.9 Å². The predicted molar refractivity (Wildman–Crippen MR) is 125 cm³/mol. The number of halogens is 2. The van der Waals surface area contributed by atoms with E-state index < -0.39 is 11.7 Å². The predicted octanol–water partition coefficient (Wildman–Crippen LogP) is 5.01. The van der Waals surface area contributed by atoms with Gasteiger partial charge in [0.2, 0.25) is 0 Å². The van der Waals surface area contributed by atoms with E-state index in [0.717, 1.165) is 21.6 Å². The van der Waals surface area contributed by atoms with Crippen molar-refractivity contribution in [3.8, 4) is 0 Å². The van der Waals surface area contributed by atoms with E-state index in [1.165, 1.54) is 12.1 Å². The molecule has 4 aromatic rings. The molecule has 6 nitrogen and oxygen atoms in total. The average molecular weight is 495 g/mol. The molecule has 0 aliphatic heterocycles. The third-order valence-electron chi connectivity index (χ3n) is 4.95. The molecular weight excluding hydrogens is 475 g/mol. The Morgan fingerprint density at radius 2 is 1.84 bits per heavy atom. The van der Waals surface area contributed by atoms with Gasteiger partial charge in [0.1, 0.15) is 5.82 Å². The molecule has 1 heterocycles. The second-order valence-corrected chi connectivity index (χ2v) is 8.11. The molecule has 2 N–H and O–H groups in total. The molecule has 0 atom stereocenters. The van der Waals surface area contributed by atoms with E-state index >= 15 is 0 Å². The van der Waals surface area contributed by atoms with Crippen LogP contribution in [-0.2, 0) is 6.54 Å². The molecule has 0 aliphatic carbocycles. The molecule has 32 heavy (non-hydrogen) atoms. The van der Waals surface area contributed by atoms with Crippen LogP contribution in [0.3, 0.4) is 0 Å². The Balaban J connectivity index is 1.39. The highest BCUT2D eigenvalue weighted by Crippen LogP contribution is 2.20. The van der Waals surface area contributed by atoms with Crippen molar-refractivity contribution in [3.05, 3.63) is 94.5 Å². The van der Waals surface area contributed by atoms with Gasteiger partial charge >= 0.3 is 0 Å². The molecule has 0 radical (unpaired) electrons. The van der Waals surface area contributed by atoms with Crippen LogP contribution in [0.5, 0.6) is 0 Å². The molecule has 2 amide bonds. The summed E-state index contributed by atoms with van der Waals surface area (Å²) >= 11 is 3.32. The van der Waals surface area contributed by atoms with Crippen LogP contribution < -0.4 is 10.6 Å². The van der Waals surface area contributed by atoms with E-state index in [4.69, 9.17) is 0 Å². The average Bonchev–Trinajstić information content (AvgIpc) is 3.20. The van der Waals surface area contributed by atoms with Gasteiger partial charge in [-0.15, -0.1) is 0 Å². The monoisotopic (exact) mass is 494 g/mol. The van der Waals surface area contributed by atoms with Crippen LogP contribution in [0.15, 0.2) is 77.5 Å². The molecular formula is C24H20BrFN4O2. The first-order valence-corrected chi connectivity index (χ1v) is 10.8. The molecule has 0 spiro atoms. The number of anilines is 1. The Labute approximate surface area is 192 Å². The zero-order valence-corrected chi connectivity index (χ0v) is 18.6. The Morgan fingerprint density at radius 3 is 2.69 bits per heavy atom. The number of nitrogens with one attached hydrogen (secondary N) is 2. The van der Waals surface area contributed by atoms with Crippen molar-refractivity contribution in [2.75, 3.05) is 11.9 Å². The number of imidazole rings is 1. The summed E-state index contributed by atoms with van der Waals surface area (Å²) in [6, 6.07) is 18.4. The first-order valence-electron chi connectivity index (χ1n) is 10.1. The summed E-state index contributed by atoms with van der Waals surface area (Å²) in [7, 11) is 0. The van der Waals surface area contributed by atoms with Gasteiger partial charge in [-0.3, -0.25) is 9.59 Å². The largest absolute Gasteiger partial charge is 0.352 e. The molecule has 3 aromatic carbocycles. The summed E-state index contributed by atoms with van der Waals surface area (Å²) in [4.78, 5) is 29.6. The van der Waals surface area contributed by atoms with Gasteiger partial charge in [-0.2, -0.15) is 0 Å². The third kappa shape index (κ3) is 5.03. The van der Waals surface area contributed by atoms with Crippen LogP contribution in [0.2, 0.25) is 0 Å². The zero-order chi connectivity index (χ0) is 22.5. The van der Waals surface area contributed by atoms with E-state index in [2.05, 4.69) is 31.5 Å². The van der Waals surface area contributed by atoms with Crippen LogP contribution in [0.25, 0.3) is 11.0 Å². The Kier molecular flexibility index (Phi) is 6.61. The SMILES string of the molecule is O=C(Nc1cc(F)ccc1C(=O)NCCCn1cnc2ccccc21)c1cccc(Br)c1. The molecule has 0 aliphatic rings. The highest BCUT2D eigenvalue weighted by molar-refractivity contribution is 9.10. The lowest BCUT2D eigenvalue weighted by Crippen LogP contribution is -2.27. The zero-order valence-electron chi connectivity index (χ0n) is 17.0. The fourth-order valence-electron chi connectivity index (χ4n) is 3.38. The smallest absolute Gasteiger partial charge is 0.255 e. The van der Waals surface area contributed by atoms with Crippen molar-refractivity contribution in [2.24, 2.45) is 0 Å². The number of para-hydroxylation sites is 2. The number of rotatable bonds is 7. The minimum atomic E-state index is -0.543. The maximum absolute atomic E-state index is 13.8. The summed E-state index contributed by atoms with van der Waals surface area (Å²) in [5, 5.41) is 5.47. The molecule has 162 valence electrons. The number of carbonyl (C=O) groups excluding carboxylic acids is 2. The fourth-order valence-corrected chi connectivity index (χ4v) is 3.78. The number of amides is 2. The second-order valence-electron chi connectivity index (χ2n) is 7.19. The minimum absolute atomic E-state index is 0.119. The highest BCUT2D eigenvalue weighted by atomic mass is 79.9. The maximum Gasteiger partial charge on any atom is 0.255 e. The van der Waals surface area contributed by atoms with Crippen molar-refractivity contribution < 1.29 is 14.0 Å². The second kappa shape index (κ2) is 9.74. The number of aromatic nitrogens is 2. The third-order valence-corrected chi connectivity index (χ3v) is 5.44. The normalized spacial score (nSPS) is 10.8. The van der Waals surface area contributed by atoms with Gasteiger partial charge in [0.25, 0.3) is 11.8 Å². The standard InChI is InChI=1S/C24H20BrFN4O2/c25-17-6-3-5-16(13-17)23(31)29-21-14-18(26)9-10-19(21)24(32)27-11-4-12-30-15-28-20-7-1-2-8-22(20)30/h1-3,5-10,13-15H,4,11-12H2,(H,27,32)(H,29,31). The number of hydrogen-bond acceptors (Lipinski definition) is 3. The van der Waals surface area contributed by atoms with Gasteiger partial charge < -0.3 is 15.2 Å². The summed E-state index contributed by atoms with van der Waals surface area (Å²) in [6.07, 6.45) is 2.47. The van der Waals surface area contributed by atoms with Crippen molar-refractivity contribution in [2.45, 2.75) is 13.0 Å². The number of benzene rings is 3. The molecule has 1 aromatic heterocycles. The van der Waals surface area contributed by atoms with Gasteiger partial charge in [-0.05, 0) is 55.0 Å². The molecule has 0 saturated carbocycles. The Hall–Kier alpha value is -3.52. The minimum Gasteiger partial charge on any atom is -0.352 e. The van der Waals surface area contributed by atoms with Crippen LogP contribution in [-0.4, -0.2) is 27.9 Å². The number of fused-ring (bicyclic) bond motifs is 1. The molecule has 0 bridgehead atoms. The Bertz CT molecular complexity index is 1290. The Morgan fingerprint density at radius 1 is 1.00 bits per heavy atom. The summed E-state index contributed by atoms with van der Waals surface area (Å²) < 4.78 is 16.6. The lowest BCUT2D eigenvalue weighted by molar-refractivity contribution is 0.0953. The van der Waals surface area contributed by atoms with E-state index in [-0.39, 0.29) is 17.2 Å². The van der Waals surface area contributed by atoms with Crippen molar-refractivity contribution in [3.63, 3.8) is 0 Å². The lowest BCUT2D eigenvalue weighted by Gasteiger charge is -2.12. The number of carbonyl (C=O) groups is 2. The first-order chi connectivity index (χ1) is 15.5. The number of hydrogen-bond donors (Lipinski definition) is 2. The molecule has 4 rings (SSSR count). The maximum atomic E-state index is 13.8. The fraction of sp³-hybridized carbons (Fsp3) is 0.125. The van der Waals surface area contributed by atoms with Gasteiger partial charge in [-0.25, -0.2) is 9.37 Å². The van der Waals surface area contributed by atoms with Crippen molar-refractivity contribution >= 4 is 44.5 Å². The number of aryl methyl sites for hydroxylation is 1. The van der Waals surface area contributed by atoms with Crippen LogP contribution in [0, 0.1) is 5.82 Å².